The molecule has 3 atom stereocenters. The summed E-state index contributed by atoms with van der Waals surface area (Å²) in [6.07, 6.45) is 5.15. The van der Waals surface area contributed by atoms with Crippen molar-refractivity contribution in [3.05, 3.63) is 35.4 Å². The lowest BCUT2D eigenvalue weighted by molar-refractivity contribution is -0.143. The number of rotatable bonds is 7. The molecule has 1 aliphatic rings. The van der Waals surface area contributed by atoms with Gasteiger partial charge in [-0.05, 0) is 18.6 Å². The molecule has 1 fully saturated rings. The van der Waals surface area contributed by atoms with E-state index in [1.165, 1.54) is 0 Å². The van der Waals surface area contributed by atoms with Crippen molar-refractivity contribution in [3.63, 3.8) is 0 Å². The summed E-state index contributed by atoms with van der Waals surface area (Å²) in [5, 5.41) is 14.6. The summed E-state index contributed by atoms with van der Waals surface area (Å²) >= 11 is 0. The van der Waals surface area contributed by atoms with Crippen LogP contribution in [0.4, 0.5) is 0 Å². The Balaban J connectivity index is 2.06. The van der Waals surface area contributed by atoms with E-state index in [0.29, 0.717) is 12.1 Å². The van der Waals surface area contributed by atoms with Crippen molar-refractivity contribution in [1.82, 2.24) is 10.6 Å². The van der Waals surface area contributed by atoms with Gasteiger partial charge in [-0.2, -0.15) is 5.26 Å². The van der Waals surface area contributed by atoms with Gasteiger partial charge < -0.3 is 15.4 Å². The predicted octanol–water partition coefficient (Wildman–Crippen LogP) is 0.849. The highest BCUT2D eigenvalue weighted by atomic mass is 16.5. The van der Waals surface area contributed by atoms with E-state index in [9.17, 15) is 19.6 Å². The van der Waals surface area contributed by atoms with E-state index in [1.807, 2.05) is 0 Å². The molecule has 0 spiro atoms. The zero-order chi connectivity index (χ0) is 19.8. The summed E-state index contributed by atoms with van der Waals surface area (Å²) < 4.78 is 4.83. The van der Waals surface area contributed by atoms with Crippen LogP contribution in [0, 0.1) is 29.6 Å². The molecule has 7 nitrogen and oxygen atoms in total. The van der Waals surface area contributed by atoms with Gasteiger partial charge in [0.1, 0.15) is 6.04 Å². The third kappa shape index (κ3) is 5.08. The summed E-state index contributed by atoms with van der Waals surface area (Å²) in [4.78, 5) is 36.1. The van der Waals surface area contributed by atoms with E-state index < -0.39 is 23.8 Å². The molecule has 0 aliphatic carbocycles. The fourth-order valence-corrected chi connectivity index (χ4v) is 3.14. The van der Waals surface area contributed by atoms with Crippen molar-refractivity contribution in [2.75, 3.05) is 13.2 Å². The molecular formula is C20H21N3O4. The largest absolute Gasteiger partial charge is 0.466 e. The Bertz CT molecular complexity index is 806. The zero-order valence-corrected chi connectivity index (χ0v) is 15.0. The van der Waals surface area contributed by atoms with Crippen LogP contribution in [0.3, 0.4) is 0 Å². The maximum absolute atomic E-state index is 12.4. The Morgan fingerprint density at radius 1 is 1.44 bits per heavy atom. The molecule has 2 rings (SSSR count). The number of nitriles is 1. The van der Waals surface area contributed by atoms with Gasteiger partial charge in [-0.15, -0.1) is 6.42 Å². The molecular weight excluding hydrogens is 346 g/mol. The summed E-state index contributed by atoms with van der Waals surface area (Å²) in [5.41, 5.74) is 1.21. The van der Waals surface area contributed by atoms with Crippen LogP contribution < -0.4 is 10.6 Å². The van der Waals surface area contributed by atoms with Crippen LogP contribution in [0.2, 0.25) is 0 Å². The van der Waals surface area contributed by atoms with E-state index in [1.54, 1.807) is 31.2 Å². The van der Waals surface area contributed by atoms with Crippen LogP contribution in [-0.4, -0.2) is 37.0 Å². The first-order chi connectivity index (χ1) is 13.0. The van der Waals surface area contributed by atoms with Gasteiger partial charge in [0.05, 0.1) is 30.6 Å². The zero-order valence-electron chi connectivity index (χ0n) is 15.0. The molecule has 0 aromatic heterocycles. The van der Waals surface area contributed by atoms with Crippen LogP contribution in [-0.2, 0) is 19.1 Å². The van der Waals surface area contributed by atoms with Gasteiger partial charge in [0, 0.05) is 18.9 Å². The van der Waals surface area contributed by atoms with Crippen LogP contribution in [0.5, 0.6) is 0 Å². The molecule has 27 heavy (non-hydrogen) atoms. The second-order valence-corrected chi connectivity index (χ2v) is 6.16. The number of benzene rings is 1. The lowest BCUT2D eigenvalue weighted by atomic mass is 9.84. The van der Waals surface area contributed by atoms with E-state index in [4.69, 9.17) is 11.2 Å². The average Bonchev–Trinajstić information content (AvgIpc) is 3.01. The van der Waals surface area contributed by atoms with Gasteiger partial charge in [-0.25, -0.2) is 0 Å². The van der Waals surface area contributed by atoms with Crippen LogP contribution >= 0.6 is 0 Å². The number of ether oxygens (including phenoxy) is 1. The van der Waals surface area contributed by atoms with Crippen molar-refractivity contribution < 1.29 is 19.1 Å². The van der Waals surface area contributed by atoms with E-state index >= 15 is 0 Å². The standard InChI is InChI=1S/C20H21N3O4/c1-3-14(9-19(25)27-4-2)23-18(24)10-16-17(12-22-20(16)26)15-8-6-5-7-13(15)11-21/h1,5-8,14,16-17H,4,9-10,12H2,2H3,(H,22,26)(H,23,24)/t14-,16?,17?/m1/s1. The fraction of sp³-hybridized carbons (Fsp3) is 0.400. The Kier molecular flexibility index (Phi) is 6.96. The van der Waals surface area contributed by atoms with Crippen molar-refractivity contribution >= 4 is 17.8 Å². The predicted molar refractivity (Wildman–Crippen MR) is 97.0 cm³/mol. The molecule has 2 N–H and O–H groups in total. The Morgan fingerprint density at radius 2 is 2.19 bits per heavy atom. The molecule has 1 heterocycles. The molecule has 7 heteroatoms. The lowest BCUT2D eigenvalue weighted by Crippen LogP contribution is -2.38. The maximum Gasteiger partial charge on any atom is 0.308 e. The summed E-state index contributed by atoms with van der Waals surface area (Å²) in [7, 11) is 0. The molecule has 0 bridgehead atoms. The monoisotopic (exact) mass is 367 g/mol. The highest BCUT2D eigenvalue weighted by Gasteiger charge is 2.38. The molecule has 1 aliphatic heterocycles. The van der Waals surface area contributed by atoms with Crippen molar-refractivity contribution in [3.8, 4) is 18.4 Å². The van der Waals surface area contributed by atoms with E-state index in [-0.39, 0.29) is 31.3 Å². The van der Waals surface area contributed by atoms with Crippen LogP contribution in [0.1, 0.15) is 36.8 Å². The van der Waals surface area contributed by atoms with Crippen LogP contribution in [0.15, 0.2) is 24.3 Å². The minimum absolute atomic E-state index is 0.0860. The molecule has 2 amide bonds. The molecule has 1 saturated heterocycles. The first-order valence-electron chi connectivity index (χ1n) is 8.68. The van der Waals surface area contributed by atoms with Crippen molar-refractivity contribution in [1.29, 1.82) is 5.26 Å². The first-order valence-corrected chi connectivity index (χ1v) is 8.68. The fourth-order valence-electron chi connectivity index (χ4n) is 3.14. The maximum atomic E-state index is 12.4. The molecule has 2 unspecified atom stereocenters. The Hall–Kier alpha value is -3.32. The van der Waals surface area contributed by atoms with Gasteiger partial charge in [0.2, 0.25) is 11.8 Å². The first kappa shape index (κ1) is 20.0. The molecule has 140 valence electrons. The molecule has 0 radical (unpaired) electrons. The van der Waals surface area contributed by atoms with E-state index in [2.05, 4.69) is 22.6 Å². The Labute approximate surface area is 158 Å². The number of carbonyl (C=O) groups is 3. The van der Waals surface area contributed by atoms with Crippen LogP contribution in [0.25, 0.3) is 0 Å². The number of nitrogens with one attached hydrogen (secondary N) is 2. The van der Waals surface area contributed by atoms with Gasteiger partial charge >= 0.3 is 5.97 Å². The SMILES string of the molecule is C#C[C@H](CC(=O)OCC)NC(=O)CC1C(=O)NCC1c1ccccc1C#N. The van der Waals surface area contributed by atoms with Gasteiger partial charge in [-0.1, -0.05) is 24.1 Å². The summed E-state index contributed by atoms with van der Waals surface area (Å²) in [6, 6.07) is 8.34. The topological polar surface area (TPSA) is 108 Å². The highest BCUT2D eigenvalue weighted by Crippen LogP contribution is 2.33. The average molecular weight is 367 g/mol. The lowest BCUT2D eigenvalue weighted by Gasteiger charge is -2.19. The second-order valence-electron chi connectivity index (χ2n) is 6.16. The normalized spacial score (nSPS) is 19.3. The number of hydrogen-bond acceptors (Lipinski definition) is 5. The van der Waals surface area contributed by atoms with E-state index in [0.717, 1.165) is 5.56 Å². The highest BCUT2D eigenvalue weighted by molar-refractivity contribution is 5.89. The number of hydrogen-bond donors (Lipinski definition) is 2. The van der Waals surface area contributed by atoms with Crippen molar-refractivity contribution in [2.24, 2.45) is 5.92 Å². The number of terminal acetylenes is 1. The second kappa shape index (κ2) is 9.40. The quantitative estimate of drug-likeness (QED) is 0.549. The smallest absolute Gasteiger partial charge is 0.308 e. The van der Waals surface area contributed by atoms with Gasteiger partial charge in [0.25, 0.3) is 0 Å². The minimum Gasteiger partial charge on any atom is -0.466 e. The molecule has 1 aromatic rings. The van der Waals surface area contributed by atoms with Gasteiger partial charge in [0.15, 0.2) is 0 Å². The summed E-state index contributed by atoms with van der Waals surface area (Å²) in [5.74, 6) is 0.277. The third-order valence-corrected chi connectivity index (χ3v) is 4.42. The molecule has 0 saturated carbocycles. The summed E-state index contributed by atoms with van der Waals surface area (Å²) in [6.45, 7) is 2.27. The van der Waals surface area contributed by atoms with Gasteiger partial charge in [-0.3, -0.25) is 14.4 Å². The number of carbonyl (C=O) groups excluding carboxylic acids is 3. The number of nitrogens with zero attached hydrogens (tertiary/aromatic N) is 1. The Morgan fingerprint density at radius 3 is 2.85 bits per heavy atom. The third-order valence-electron chi connectivity index (χ3n) is 4.42. The minimum atomic E-state index is -0.800. The van der Waals surface area contributed by atoms with Crippen molar-refractivity contribution in [2.45, 2.75) is 31.7 Å². The number of esters is 1. The molecule has 1 aromatic carbocycles. The number of amides is 2.